The third-order valence-corrected chi connectivity index (χ3v) is 4.90. The van der Waals surface area contributed by atoms with Gasteiger partial charge in [-0.25, -0.2) is 0 Å². The van der Waals surface area contributed by atoms with Crippen LogP contribution in [0.2, 0.25) is 0 Å². The Morgan fingerprint density at radius 2 is 1.93 bits per heavy atom. The molecule has 1 amide bonds. The summed E-state index contributed by atoms with van der Waals surface area (Å²) in [4.78, 5) is 12.3. The number of carbonyl (C=O) groups excluding carboxylic acids is 1. The predicted octanol–water partition coefficient (Wildman–Crippen LogP) is 3.23. The Hall–Kier alpha value is -3.00. The summed E-state index contributed by atoms with van der Waals surface area (Å²) in [6.45, 7) is 0. The van der Waals surface area contributed by atoms with Gasteiger partial charge in [0.05, 0.1) is 25.7 Å². The van der Waals surface area contributed by atoms with Crippen LogP contribution in [0.25, 0.3) is 11.4 Å². The number of thioether (sulfide) groups is 1. The van der Waals surface area contributed by atoms with E-state index in [9.17, 15) is 4.79 Å². The molecule has 0 aliphatic carbocycles. The quantitative estimate of drug-likeness (QED) is 0.630. The Morgan fingerprint density at radius 1 is 1.11 bits per heavy atom. The van der Waals surface area contributed by atoms with E-state index in [4.69, 9.17) is 9.47 Å². The molecule has 3 aromatic rings. The first-order valence-corrected chi connectivity index (χ1v) is 9.20. The summed E-state index contributed by atoms with van der Waals surface area (Å²) in [6.07, 6.45) is 0. The number of benzene rings is 2. The molecule has 0 unspecified atom stereocenters. The highest BCUT2D eigenvalue weighted by molar-refractivity contribution is 7.99. The summed E-state index contributed by atoms with van der Waals surface area (Å²) in [7, 11) is 5.06. The van der Waals surface area contributed by atoms with Gasteiger partial charge in [0.1, 0.15) is 11.5 Å². The van der Waals surface area contributed by atoms with Crippen molar-refractivity contribution in [2.75, 3.05) is 25.3 Å². The highest BCUT2D eigenvalue weighted by atomic mass is 32.2. The Balaban J connectivity index is 1.66. The number of methoxy groups -OCH3 is 2. The molecule has 1 N–H and O–H groups in total. The average Bonchev–Trinajstić information content (AvgIpc) is 3.07. The monoisotopic (exact) mass is 384 g/mol. The fraction of sp³-hybridized carbons (Fsp3) is 0.211. The SMILES string of the molecule is COc1cccc(-c2nnc(SCC(=O)Nc3ccccc3OC)n2C)c1. The minimum atomic E-state index is -0.143. The molecule has 1 aromatic heterocycles. The number of nitrogens with zero attached hydrogens (tertiary/aromatic N) is 3. The van der Waals surface area contributed by atoms with E-state index in [0.717, 1.165) is 11.3 Å². The van der Waals surface area contributed by atoms with Crippen LogP contribution in [0.5, 0.6) is 11.5 Å². The second-order valence-electron chi connectivity index (χ2n) is 5.63. The molecule has 0 saturated heterocycles. The van der Waals surface area contributed by atoms with Gasteiger partial charge in [-0.1, -0.05) is 36.0 Å². The topological polar surface area (TPSA) is 78.3 Å². The zero-order valence-corrected chi connectivity index (χ0v) is 16.1. The van der Waals surface area contributed by atoms with Crippen molar-refractivity contribution in [3.8, 4) is 22.9 Å². The molecule has 8 heteroatoms. The number of carbonyl (C=O) groups is 1. The number of ether oxygens (including phenoxy) is 2. The molecule has 3 rings (SSSR count). The number of hydrogen-bond donors (Lipinski definition) is 1. The molecule has 0 radical (unpaired) electrons. The first-order valence-electron chi connectivity index (χ1n) is 8.22. The van der Waals surface area contributed by atoms with E-state index in [1.807, 2.05) is 48.0 Å². The second kappa shape index (κ2) is 8.59. The van der Waals surface area contributed by atoms with Crippen LogP contribution in [0.15, 0.2) is 53.7 Å². The maximum absolute atomic E-state index is 12.3. The van der Waals surface area contributed by atoms with Crippen molar-refractivity contribution < 1.29 is 14.3 Å². The van der Waals surface area contributed by atoms with Crippen LogP contribution in [0.4, 0.5) is 5.69 Å². The number of amides is 1. The second-order valence-corrected chi connectivity index (χ2v) is 6.58. The summed E-state index contributed by atoms with van der Waals surface area (Å²) >= 11 is 1.32. The Labute approximate surface area is 161 Å². The van der Waals surface area contributed by atoms with Crippen molar-refractivity contribution in [2.24, 2.45) is 7.05 Å². The van der Waals surface area contributed by atoms with Gasteiger partial charge in [-0.05, 0) is 24.3 Å². The van der Waals surface area contributed by atoms with Crippen LogP contribution in [0.1, 0.15) is 0 Å². The average molecular weight is 384 g/mol. The van der Waals surface area contributed by atoms with Crippen LogP contribution in [0, 0.1) is 0 Å². The standard InChI is InChI=1S/C19H20N4O3S/c1-23-18(13-7-6-8-14(11-13)25-2)21-22-19(23)27-12-17(24)20-15-9-4-5-10-16(15)26-3/h4-11H,12H2,1-3H3,(H,20,24). The predicted molar refractivity (Wildman–Crippen MR) is 105 cm³/mol. The lowest BCUT2D eigenvalue weighted by molar-refractivity contribution is -0.113. The molecule has 27 heavy (non-hydrogen) atoms. The largest absolute Gasteiger partial charge is 0.497 e. The van der Waals surface area contributed by atoms with Crippen LogP contribution < -0.4 is 14.8 Å². The zero-order valence-electron chi connectivity index (χ0n) is 15.3. The van der Waals surface area contributed by atoms with E-state index in [-0.39, 0.29) is 11.7 Å². The first kappa shape index (κ1) is 18.8. The molecule has 0 bridgehead atoms. The summed E-state index contributed by atoms with van der Waals surface area (Å²) in [5.41, 5.74) is 1.54. The van der Waals surface area contributed by atoms with E-state index in [0.29, 0.717) is 22.4 Å². The summed E-state index contributed by atoms with van der Waals surface area (Å²) in [5.74, 6) is 2.15. The van der Waals surface area contributed by atoms with Gasteiger partial charge < -0.3 is 19.4 Å². The molecule has 0 aliphatic heterocycles. The zero-order chi connectivity index (χ0) is 19.2. The molecule has 0 aliphatic rings. The van der Waals surface area contributed by atoms with Crippen molar-refractivity contribution in [3.05, 3.63) is 48.5 Å². The van der Waals surface area contributed by atoms with Crippen molar-refractivity contribution >= 4 is 23.4 Å². The lowest BCUT2D eigenvalue weighted by atomic mass is 10.2. The number of rotatable bonds is 7. The van der Waals surface area contributed by atoms with Crippen LogP contribution in [0.3, 0.4) is 0 Å². The molecule has 0 atom stereocenters. The number of nitrogens with one attached hydrogen (secondary N) is 1. The molecule has 2 aromatic carbocycles. The molecule has 0 fully saturated rings. The van der Waals surface area contributed by atoms with Gasteiger partial charge in [0.2, 0.25) is 5.91 Å². The minimum Gasteiger partial charge on any atom is -0.497 e. The molecular weight excluding hydrogens is 364 g/mol. The Kier molecular flexibility index (Phi) is 5.97. The van der Waals surface area contributed by atoms with E-state index < -0.39 is 0 Å². The lowest BCUT2D eigenvalue weighted by Gasteiger charge is -2.09. The van der Waals surface area contributed by atoms with E-state index in [1.165, 1.54) is 11.8 Å². The third-order valence-electron chi connectivity index (χ3n) is 3.88. The van der Waals surface area contributed by atoms with Gasteiger partial charge in [0, 0.05) is 12.6 Å². The fourth-order valence-corrected chi connectivity index (χ4v) is 3.23. The molecular formula is C19H20N4O3S. The number of aromatic nitrogens is 3. The van der Waals surface area contributed by atoms with Crippen LogP contribution in [-0.4, -0.2) is 40.6 Å². The van der Waals surface area contributed by atoms with Crippen molar-refractivity contribution in [1.82, 2.24) is 14.8 Å². The third kappa shape index (κ3) is 4.40. The Morgan fingerprint density at radius 3 is 2.70 bits per heavy atom. The number of hydrogen-bond acceptors (Lipinski definition) is 6. The normalized spacial score (nSPS) is 10.5. The van der Waals surface area contributed by atoms with Crippen molar-refractivity contribution in [2.45, 2.75) is 5.16 Å². The molecule has 0 saturated carbocycles. The summed E-state index contributed by atoms with van der Waals surface area (Å²) in [6, 6.07) is 14.9. The molecule has 7 nitrogen and oxygen atoms in total. The minimum absolute atomic E-state index is 0.143. The van der Waals surface area contributed by atoms with Gasteiger partial charge in [-0.3, -0.25) is 4.79 Å². The van der Waals surface area contributed by atoms with Gasteiger partial charge in [-0.2, -0.15) is 0 Å². The van der Waals surface area contributed by atoms with Gasteiger partial charge in [-0.15, -0.1) is 10.2 Å². The maximum Gasteiger partial charge on any atom is 0.234 e. The van der Waals surface area contributed by atoms with E-state index >= 15 is 0 Å². The van der Waals surface area contributed by atoms with Crippen molar-refractivity contribution in [1.29, 1.82) is 0 Å². The van der Waals surface area contributed by atoms with Crippen LogP contribution >= 0.6 is 11.8 Å². The molecule has 140 valence electrons. The highest BCUT2D eigenvalue weighted by Crippen LogP contribution is 2.26. The van der Waals surface area contributed by atoms with Crippen LogP contribution in [-0.2, 0) is 11.8 Å². The fourth-order valence-electron chi connectivity index (χ4n) is 2.52. The smallest absolute Gasteiger partial charge is 0.234 e. The van der Waals surface area contributed by atoms with E-state index in [2.05, 4.69) is 15.5 Å². The summed E-state index contributed by atoms with van der Waals surface area (Å²) < 4.78 is 12.3. The number of para-hydroxylation sites is 2. The maximum atomic E-state index is 12.3. The van der Waals surface area contributed by atoms with Crippen molar-refractivity contribution in [3.63, 3.8) is 0 Å². The lowest BCUT2D eigenvalue weighted by Crippen LogP contribution is -2.15. The first-order chi connectivity index (χ1) is 13.1. The molecule has 1 heterocycles. The highest BCUT2D eigenvalue weighted by Gasteiger charge is 2.14. The summed E-state index contributed by atoms with van der Waals surface area (Å²) in [5, 5.41) is 11.9. The Bertz CT molecular complexity index is 942. The molecule has 0 spiro atoms. The van der Waals surface area contributed by atoms with Gasteiger partial charge in [0.25, 0.3) is 0 Å². The van der Waals surface area contributed by atoms with Gasteiger partial charge in [0.15, 0.2) is 11.0 Å². The van der Waals surface area contributed by atoms with Gasteiger partial charge >= 0.3 is 0 Å². The van der Waals surface area contributed by atoms with E-state index in [1.54, 1.807) is 26.4 Å². The number of anilines is 1.